The van der Waals surface area contributed by atoms with Gasteiger partial charge in [0.25, 0.3) is 0 Å². The molecular weight excluding hydrogens is 134 g/mol. The molecule has 1 N–H and O–H groups in total. The van der Waals surface area contributed by atoms with E-state index in [0.29, 0.717) is 5.41 Å². The molecule has 68 valence electrons. The van der Waals surface area contributed by atoms with E-state index in [1.54, 1.807) is 0 Å². The summed E-state index contributed by atoms with van der Waals surface area (Å²) in [6.45, 7) is 13.7. The van der Waals surface area contributed by atoms with Crippen LogP contribution >= 0.6 is 0 Å². The third kappa shape index (κ3) is 5.25. The highest BCUT2D eigenvalue weighted by Crippen LogP contribution is 2.24. The largest absolute Gasteiger partial charge is 0.316 e. The van der Waals surface area contributed by atoms with Gasteiger partial charge in [-0.25, -0.2) is 0 Å². The van der Waals surface area contributed by atoms with Gasteiger partial charge in [0, 0.05) is 0 Å². The maximum atomic E-state index is 3.44. The molecule has 0 fully saturated rings. The van der Waals surface area contributed by atoms with Crippen molar-refractivity contribution < 1.29 is 0 Å². The molecule has 1 heteroatoms. The molecular formula is C10H23N. The first-order chi connectivity index (χ1) is 4.98. The van der Waals surface area contributed by atoms with Crippen molar-refractivity contribution in [2.75, 3.05) is 13.1 Å². The molecule has 11 heavy (non-hydrogen) atoms. The van der Waals surface area contributed by atoms with E-state index in [1.807, 2.05) is 0 Å². The first-order valence-corrected chi connectivity index (χ1v) is 4.69. The third-order valence-corrected chi connectivity index (χ3v) is 2.36. The van der Waals surface area contributed by atoms with Gasteiger partial charge in [-0.2, -0.15) is 0 Å². The highest BCUT2D eigenvalue weighted by Gasteiger charge is 2.18. The summed E-state index contributed by atoms with van der Waals surface area (Å²) >= 11 is 0. The molecule has 0 aromatic rings. The van der Waals surface area contributed by atoms with E-state index in [1.165, 1.54) is 6.42 Å². The molecule has 0 amide bonds. The normalized spacial score (nSPS) is 15.0. The second-order valence-electron chi connectivity index (χ2n) is 4.47. The molecule has 0 saturated heterocycles. The number of rotatable bonds is 4. The Balaban J connectivity index is 3.44. The van der Waals surface area contributed by atoms with Crippen LogP contribution in [0.4, 0.5) is 0 Å². The van der Waals surface area contributed by atoms with E-state index in [0.717, 1.165) is 19.0 Å². The third-order valence-electron chi connectivity index (χ3n) is 2.36. The monoisotopic (exact) mass is 157 g/mol. The van der Waals surface area contributed by atoms with Crippen molar-refractivity contribution in [3.8, 4) is 0 Å². The van der Waals surface area contributed by atoms with E-state index >= 15 is 0 Å². The van der Waals surface area contributed by atoms with Gasteiger partial charge in [-0.05, 0) is 30.8 Å². The molecule has 0 aliphatic carbocycles. The van der Waals surface area contributed by atoms with E-state index in [9.17, 15) is 0 Å². The molecule has 0 aromatic heterocycles. The summed E-state index contributed by atoms with van der Waals surface area (Å²) in [5, 5.41) is 3.44. The van der Waals surface area contributed by atoms with Crippen molar-refractivity contribution in [1.82, 2.24) is 5.32 Å². The average Bonchev–Trinajstić information content (AvgIpc) is 1.86. The van der Waals surface area contributed by atoms with Gasteiger partial charge < -0.3 is 5.32 Å². The van der Waals surface area contributed by atoms with Gasteiger partial charge in [-0.15, -0.1) is 0 Å². The highest BCUT2D eigenvalue weighted by atomic mass is 14.9. The second kappa shape index (κ2) is 4.76. The van der Waals surface area contributed by atoms with Crippen molar-refractivity contribution in [1.29, 1.82) is 0 Å². The predicted octanol–water partition coefficient (Wildman–Crippen LogP) is 2.67. The number of hydrogen-bond donors (Lipinski definition) is 1. The lowest BCUT2D eigenvalue weighted by atomic mass is 9.82. The van der Waals surface area contributed by atoms with Crippen LogP contribution in [0.15, 0.2) is 0 Å². The molecule has 0 radical (unpaired) electrons. The van der Waals surface area contributed by atoms with Crippen LogP contribution in [0.25, 0.3) is 0 Å². The van der Waals surface area contributed by atoms with Crippen LogP contribution in [-0.4, -0.2) is 13.1 Å². The van der Waals surface area contributed by atoms with Crippen molar-refractivity contribution >= 4 is 0 Å². The second-order valence-corrected chi connectivity index (χ2v) is 4.47. The molecule has 0 heterocycles. The first kappa shape index (κ1) is 11.0. The lowest BCUT2D eigenvalue weighted by Crippen LogP contribution is -2.30. The van der Waals surface area contributed by atoms with Crippen molar-refractivity contribution in [2.24, 2.45) is 11.3 Å². The van der Waals surface area contributed by atoms with E-state index in [-0.39, 0.29) is 0 Å². The van der Waals surface area contributed by atoms with Gasteiger partial charge in [0.15, 0.2) is 0 Å². The van der Waals surface area contributed by atoms with Crippen molar-refractivity contribution in [2.45, 2.75) is 41.0 Å². The molecule has 0 saturated carbocycles. The summed E-state index contributed by atoms with van der Waals surface area (Å²) in [6, 6.07) is 0. The maximum absolute atomic E-state index is 3.44. The van der Waals surface area contributed by atoms with Crippen LogP contribution in [0.1, 0.15) is 41.0 Å². The molecule has 0 aliphatic rings. The standard InChI is InChI=1S/C10H23N/c1-6-7-11-8-9(2)10(3,4)5/h9,11H,6-8H2,1-5H3. The fourth-order valence-electron chi connectivity index (χ4n) is 0.802. The lowest BCUT2D eigenvalue weighted by molar-refractivity contribution is 0.253. The molecule has 0 aromatic carbocycles. The minimum Gasteiger partial charge on any atom is -0.316 e. The average molecular weight is 157 g/mol. The Morgan fingerprint density at radius 3 is 2.18 bits per heavy atom. The van der Waals surface area contributed by atoms with Gasteiger partial charge in [-0.3, -0.25) is 0 Å². The summed E-state index contributed by atoms with van der Waals surface area (Å²) in [6.07, 6.45) is 1.23. The van der Waals surface area contributed by atoms with E-state index < -0.39 is 0 Å². The first-order valence-electron chi connectivity index (χ1n) is 4.69. The Hall–Kier alpha value is -0.0400. The number of hydrogen-bond acceptors (Lipinski definition) is 1. The summed E-state index contributed by atoms with van der Waals surface area (Å²) < 4.78 is 0. The van der Waals surface area contributed by atoms with Gasteiger partial charge in [0.05, 0.1) is 0 Å². The molecule has 0 rings (SSSR count). The molecule has 1 unspecified atom stereocenters. The Morgan fingerprint density at radius 2 is 1.82 bits per heavy atom. The molecule has 0 bridgehead atoms. The van der Waals surface area contributed by atoms with Crippen LogP contribution < -0.4 is 5.32 Å². The fraction of sp³-hybridized carbons (Fsp3) is 1.00. The quantitative estimate of drug-likeness (QED) is 0.619. The zero-order chi connectivity index (χ0) is 8.91. The predicted molar refractivity (Wildman–Crippen MR) is 51.8 cm³/mol. The number of nitrogens with one attached hydrogen (secondary N) is 1. The van der Waals surface area contributed by atoms with Crippen LogP contribution in [0, 0.1) is 11.3 Å². The van der Waals surface area contributed by atoms with Crippen molar-refractivity contribution in [3.05, 3.63) is 0 Å². The maximum Gasteiger partial charge on any atom is -0.00182 e. The van der Waals surface area contributed by atoms with Crippen LogP contribution in [0.2, 0.25) is 0 Å². The van der Waals surface area contributed by atoms with Gasteiger partial charge >= 0.3 is 0 Å². The van der Waals surface area contributed by atoms with Crippen LogP contribution in [0.5, 0.6) is 0 Å². The summed E-state index contributed by atoms with van der Waals surface area (Å²) in [5.74, 6) is 0.758. The fourth-order valence-corrected chi connectivity index (χ4v) is 0.802. The summed E-state index contributed by atoms with van der Waals surface area (Å²) in [5.41, 5.74) is 0.445. The molecule has 0 spiro atoms. The molecule has 1 atom stereocenters. The van der Waals surface area contributed by atoms with E-state index in [2.05, 4.69) is 39.9 Å². The van der Waals surface area contributed by atoms with Gasteiger partial charge in [0.1, 0.15) is 0 Å². The topological polar surface area (TPSA) is 12.0 Å². The van der Waals surface area contributed by atoms with Crippen LogP contribution in [0.3, 0.4) is 0 Å². The summed E-state index contributed by atoms with van der Waals surface area (Å²) in [4.78, 5) is 0. The van der Waals surface area contributed by atoms with Gasteiger partial charge in [-0.1, -0.05) is 34.6 Å². The van der Waals surface area contributed by atoms with Crippen molar-refractivity contribution in [3.63, 3.8) is 0 Å². The SMILES string of the molecule is CCCNCC(C)C(C)(C)C. The van der Waals surface area contributed by atoms with Crippen LogP contribution in [-0.2, 0) is 0 Å². The molecule has 0 aliphatic heterocycles. The van der Waals surface area contributed by atoms with E-state index in [4.69, 9.17) is 0 Å². The summed E-state index contributed by atoms with van der Waals surface area (Å²) in [7, 11) is 0. The smallest absolute Gasteiger partial charge is 0.00182 e. The Labute approximate surface area is 71.6 Å². The Kier molecular flexibility index (Phi) is 4.74. The molecule has 1 nitrogen and oxygen atoms in total. The Morgan fingerprint density at radius 1 is 1.27 bits per heavy atom. The van der Waals surface area contributed by atoms with Gasteiger partial charge in [0.2, 0.25) is 0 Å². The zero-order valence-electron chi connectivity index (χ0n) is 8.70. The Bertz CT molecular complexity index is 91.5. The minimum absolute atomic E-state index is 0.445. The lowest BCUT2D eigenvalue weighted by Gasteiger charge is -2.27. The zero-order valence-corrected chi connectivity index (χ0v) is 8.70. The highest BCUT2D eigenvalue weighted by molar-refractivity contribution is 4.71. The minimum atomic E-state index is 0.445.